The molecule has 1 aromatic rings. The third kappa shape index (κ3) is 5.36. The maximum atomic E-state index is 12.2. The van der Waals surface area contributed by atoms with Crippen molar-refractivity contribution < 1.29 is 20.0 Å². The first-order valence-electron chi connectivity index (χ1n) is 8.38. The number of rotatable bonds is 6. The minimum Gasteiger partial charge on any atom is -0.544 e. The molecule has 126 valence electrons. The van der Waals surface area contributed by atoms with E-state index in [0.717, 1.165) is 42.5 Å². The highest BCUT2D eigenvalue weighted by molar-refractivity contribution is 5.94. The zero-order chi connectivity index (χ0) is 16.8. The number of hydrogen-bond acceptors (Lipinski definition) is 3. The molecular formula is C18H26N2O3. The van der Waals surface area contributed by atoms with Gasteiger partial charge in [-0.3, -0.25) is 4.79 Å². The number of carboxylic acids is 1. The molecule has 1 saturated carbocycles. The molecule has 1 fully saturated rings. The summed E-state index contributed by atoms with van der Waals surface area (Å²) in [6.07, 6.45) is 5.45. The third-order valence-electron chi connectivity index (χ3n) is 4.53. The monoisotopic (exact) mass is 318 g/mol. The van der Waals surface area contributed by atoms with E-state index < -0.39 is 12.0 Å². The number of carbonyl (C=O) groups is 2. The van der Waals surface area contributed by atoms with Crippen LogP contribution in [0.1, 0.15) is 49.7 Å². The van der Waals surface area contributed by atoms with Crippen LogP contribution >= 0.6 is 0 Å². The molecule has 1 aromatic carbocycles. The summed E-state index contributed by atoms with van der Waals surface area (Å²) in [6.45, 7) is 3.87. The Labute approximate surface area is 137 Å². The van der Waals surface area contributed by atoms with Gasteiger partial charge in [0.1, 0.15) is 6.04 Å². The van der Waals surface area contributed by atoms with E-state index in [0.29, 0.717) is 6.04 Å². The van der Waals surface area contributed by atoms with Crippen molar-refractivity contribution in [3.63, 3.8) is 0 Å². The van der Waals surface area contributed by atoms with Crippen molar-refractivity contribution in [3.05, 3.63) is 29.3 Å². The van der Waals surface area contributed by atoms with Crippen LogP contribution in [0, 0.1) is 13.8 Å². The predicted molar refractivity (Wildman–Crippen MR) is 86.8 cm³/mol. The molecule has 23 heavy (non-hydrogen) atoms. The quantitative estimate of drug-likeness (QED) is 0.807. The average molecular weight is 318 g/mol. The van der Waals surface area contributed by atoms with Gasteiger partial charge in [-0.05, 0) is 56.7 Å². The number of nitrogens with one attached hydrogen (secondary N) is 1. The smallest absolute Gasteiger partial charge is 0.230 e. The number of hydrogen-bond donors (Lipinski definition) is 2. The Morgan fingerprint density at radius 2 is 1.96 bits per heavy atom. The minimum absolute atomic E-state index is 0.0633. The maximum absolute atomic E-state index is 12.2. The van der Waals surface area contributed by atoms with Crippen LogP contribution in [-0.2, 0) is 9.59 Å². The molecule has 5 nitrogen and oxygen atoms in total. The molecule has 0 bridgehead atoms. The topological polar surface area (TPSA) is 85.8 Å². The highest BCUT2D eigenvalue weighted by Gasteiger charge is 2.24. The van der Waals surface area contributed by atoms with Crippen LogP contribution in [0.3, 0.4) is 0 Å². The lowest BCUT2D eigenvalue weighted by Crippen LogP contribution is -2.98. The van der Waals surface area contributed by atoms with Gasteiger partial charge in [0, 0.05) is 5.69 Å². The molecule has 0 saturated heterocycles. The molecule has 1 aliphatic carbocycles. The lowest BCUT2D eigenvalue weighted by molar-refractivity contribution is -0.716. The first kappa shape index (κ1) is 17.5. The Morgan fingerprint density at radius 1 is 1.26 bits per heavy atom. The van der Waals surface area contributed by atoms with Gasteiger partial charge in [-0.15, -0.1) is 0 Å². The van der Waals surface area contributed by atoms with Crippen molar-refractivity contribution in [1.29, 1.82) is 0 Å². The zero-order valence-electron chi connectivity index (χ0n) is 13.9. The first-order valence-corrected chi connectivity index (χ1v) is 8.38. The number of quaternary nitrogens is 1. The Morgan fingerprint density at radius 3 is 2.61 bits per heavy atom. The Bertz CT molecular complexity index is 565. The SMILES string of the molecule is Cc1ccc(C)c(NC(=O)C[C@@H]([NH2+]C2CCCCC2)C(=O)[O-])c1. The van der Waals surface area contributed by atoms with Crippen LogP contribution in [-0.4, -0.2) is 24.0 Å². The molecule has 1 amide bonds. The molecule has 1 aliphatic rings. The van der Waals surface area contributed by atoms with Crippen molar-refractivity contribution in [3.8, 4) is 0 Å². The number of carbonyl (C=O) groups excluding carboxylic acids is 2. The van der Waals surface area contributed by atoms with Crippen LogP contribution < -0.4 is 15.7 Å². The molecule has 2 rings (SSSR count). The molecule has 0 aliphatic heterocycles. The average Bonchev–Trinajstić information content (AvgIpc) is 2.51. The Hall–Kier alpha value is -1.88. The largest absolute Gasteiger partial charge is 0.544 e. The van der Waals surface area contributed by atoms with Gasteiger partial charge in [-0.1, -0.05) is 18.6 Å². The van der Waals surface area contributed by atoms with Crippen molar-refractivity contribution in [2.24, 2.45) is 0 Å². The molecule has 3 N–H and O–H groups in total. The number of benzene rings is 1. The summed E-state index contributed by atoms with van der Waals surface area (Å²) in [6, 6.07) is 5.29. The van der Waals surface area contributed by atoms with E-state index >= 15 is 0 Å². The van der Waals surface area contributed by atoms with Crippen LogP contribution in [0.15, 0.2) is 18.2 Å². The number of carboxylic acid groups (broad SMARTS) is 1. The van der Waals surface area contributed by atoms with Crippen molar-refractivity contribution in [1.82, 2.24) is 0 Å². The van der Waals surface area contributed by atoms with Gasteiger partial charge in [0.25, 0.3) is 0 Å². The van der Waals surface area contributed by atoms with Crippen molar-refractivity contribution >= 4 is 17.6 Å². The van der Waals surface area contributed by atoms with Crippen LogP contribution in [0.25, 0.3) is 0 Å². The molecular weight excluding hydrogens is 292 g/mol. The van der Waals surface area contributed by atoms with Gasteiger partial charge in [0.15, 0.2) is 0 Å². The highest BCUT2D eigenvalue weighted by atomic mass is 16.4. The Kier molecular flexibility index (Phi) is 6.16. The molecule has 0 aromatic heterocycles. The van der Waals surface area contributed by atoms with Gasteiger partial charge >= 0.3 is 0 Å². The molecule has 0 spiro atoms. The van der Waals surface area contributed by atoms with Crippen molar-refractivity contribution in [2.45, 2.75) is 64.5 Å². The fourth-order valence-electron chi connectivity index (χ4n) is 3.16. The summed E-state index contributed by atoms with van der Waals surface area (Å²) in [5, 5.41) is 16.0. The van der Waals surface area contributed by atoms with E-state index in [9.17, 15) is 14.7 Å². The molecule has 0 heterocycles. The number of aryl methyl sites for hydroxylation is 2. The minimum atomic E-state index is -1.16. The second-order valence-corrected chi connectivity index (χ2v) is 6.59. The lowest BCUT2D eigenvalue weighted by atomic mass is 9.94. The third-order valence-corrected chi connectivity index (χ3v) is 4.53. The van der Waals surface area contributed by atoms with E-state index in [1.165, 1.54) is 6.42 Å². The van der Waals surface area contributed by atoms with Crippen molar-refractivity contribution in [2.75, 3.05) is 5.32 Å². The summed E-state index contributed by atoms with van der Waals surface area (Å²) in [5.41, 5.74) is 2.76. The standard InChI is InChI=1S/C18H26N2O3/c1-12-8-9-13(2)15(10-12)20-17(21)11-16(18(22)23)19-14-6-4-3-5-7-14/h8-10,14,16,19H,3-7,11H2,1-2H3,(H,20,21)(H,22,23)/t16-/m1/s1. The fourth-order valence-corrected chi connectivity index (χ4v) is 3.16. The summed E-state index contributed by atoms with van der Waals surface area (Å²) in [4.78, 5) is 23.6. The van der Waals surface area contributed by atoms with Gasteiger partial charge in [-0.2, -0.15) is 0 Å². The van der Waals surface area contributed by atoms with E-state index in [1.807, 2.05) is 37.4 Å². The summed E-state index contributed by atoms with van der Waals surface area (Å²) >= 11 is 0. The molecule has 0 unspecified atom stereocenters. The molecule has 5 heteroatoms. The number of amides is 1. The van der Waals surface area contributed by atoms with Gasteiger partial charge in [0.05, 0.1) is 18.4 Å². The molecule has 0 radical (unpaired) electrons. The summed E-state index contributed by atoms with van der Waals surface area (Å²) in [5.74, 6) is -1.44. The zero-order valence-corrected chi connectivity index (χ0v) is 13.9. The number of anilines is 1. The van der Waals surface area contributed by atoms with E-state index in [2.05, 4.69) is 5.32 Å². The second-order valence-electron chi connectivity index (χ2n) is 6.59. The van der Waals surface area contributed by atoms with Gasteiger partial charge in [-0.25, -0.2) is 0 Å². The second kappa shape index (κ2) is 8.11. The van der Waals surface area contributed by atoms with Gasteiger partial charge < -0.3 is 20.5 Å². The predicted octanol–water partition coefficient (Wildman–Crippen LogP) is 0.647. The van der Waals surface area contributed by atoms with Gasteiger partial charge in [0.2, 0.25) is 5.91 Å². The number of nitrogens with two attached hydrogens (primary N) is 1. The molecule has 1 atom stereocenters. The lowest BCUT2D eigenvalue weighted by Gasteiger charge is -2.25. The van der Waals surface area contributed by atoms with Crippen LogP contribution in [0.4, 0.5) is 5.69 Å². The number of aliphatic carboxylic acids is 1. The van der Waals surface area contributed by atoms with E-state index in [-0.39, 0.29) is 12.3 Å². The normalized spacial score (nSPS) is 16.8. The van der Waals surface area contributed by atoms with E-state index in [4.69, 9.17) is 0 Å². The summed E-state index contributed by atoms with van der Waals surface area (Å²) in [7, 11) is 0. The highest BCUT2D eigenvalue weighted by Crippen LogP contribution is 2.17. The maximum Gasteiger partial charge on any atom is 0.230 e. The van der Waals surface area contributed by atoms with Crippen LogP contribution in [0.2, 0.25) is 0 Å². The fraction of sp³-hybridized carbons (Fsp3) is 0.556. The Balaban J connectivity index is 1.94. The first-order chi connectivity index (χ1) is 11.0. The summed E-state index contributed by atoms with van der Waals surface area (Å²) < 4.78 is 0. The van der Waals surface area contributed by atoms with Crippen LogP contribution in [0.5, 0.6) is 0 Å². The van der Waals surface area contributed by atoms with E-state index in [1.54, 1.807) is 0 Å².